The van der Waals surface area contributed by atoms with E-state index in [2.05, 4.69) is 12.2 Å². The molecule has 2 amide bonds. The minimum atomic E-state index is -0.216. The maximum Gasteiger partial charge on any atom is 0.223 e. The Balaban J connectivity index is 1.70. The number of fused-ring (bicyclic) bond motifs is 1. The van der Waals surface area contributed by atoms with Gasteiger partial charge >= 0.3 is 0 Å². The third-order valence-corrected chi connectivity index (χ3v) is 5.23. The second-order valence-corrected chi connectivity index (χ2v) is 7.12. The molecule has 0 aromatic heterocycles. The molecule has 2 aliphatic rings. The summed E-state index contributed by atoms with van der Waals surface area (Å²) in [5.74, 6) is 0.766. The zero-order valence-corrected chi connectivity index (χ0v) is 14.5. The number of rotatable bonds is 3. The highest BCUT2D eigenvalue weighted by molar-refractivity contribution is 5.82. The summed E-state index contributed by atoms with van der Waals surface area (Å²) in [5.41, 5.74) is 2.13. The van der Waals surface area contributed by atoms with E-state index in [1.54, 1.807) is 18.0 Å². The third-order valence-electron chi connectivity index (χ3n) is 5.23. The number of hydrogen-bond donors (Lipinski definition) is 1. The summed E-state index contributed by atoms with van der Waals surface area (Å²) >= 11 is 0. The first-order valence-electron chi connectivity index (χ1n) is 8.90. The van der Waals surface area contributed by atoms with Gasteiger partial charge in [-0.15, -0.1) is 0 Å². The van der Waals surface area contributed by atoms with Crippen molar-refractivity contribution in [3.63, 3.8) is 0 Å². The van der Waals surface area contributed by atoms with E-state index >= 15 is 0 Å². The van der Waals surface area contributed by atoms with Gasteiger partial charge in [-0.1, -0.05) is 31.2 Å². The van der Waals surface area contributed by atoms with E-state index in [9.17, 15) is 9.59 Å². The Morgan fingerprint density at radius 3 is 2.58 bits per heavy atom. The molecule has 4 nitrogen and oxygen atoms in total. The summed E-state index contributed by atoms with van der Waals surface area (Å²) in [6.45, 7) is 3.82. The highest BCUT2D eigenvalue weighted by Crippen LogP contribution is 2.33. The van der Waals surface area contributed by atoms with Crippen molar-refractivity contribution in [3.8, 4) is 0 Å². The summed E-state index contributed by atoms with van der Waals surface area (Å²) in [6, 6.07) is 8.04. The lowest BCUT2D eigenvalue weighted by Crippen LogP contribution is -2.40. The van der Waals surface area contributed by atoms with E-state index < -0.39 is 0 Å². The van der Waals surface area contributed by atoms with Gasteiger partial charge in [-0.3, -0.25) is 9.59 Å². The average molecular weight is 326 g/mol. The molecule has 4 heteroatoms. The van der Waals surface area contributed by atoms with Gasteiger partial charge in [0.2, 0.25) is 11.8 Å². The lowest BCUT2D eigenvalue weighted by atomic mass is 9.87. The van der Waals surface area contributed by atoms with E-state index in [0.717, 1.165) is 29.9 Å². The predicted octanol–water partition coefficient (Wildman–Crippen LogP) is 3.65. The standard InChI is InChI=1S/C20H26N2O2/c1-14-7-9-17(10-8-14)21-20(24)13-19-18-6-4-3-5-16(18)11-12-22(19)15(2)23/h3-6,11-12,14,17,19H,7-10,13H2,1-2H3,(H,21,24). The third kappa shape index (κ3) is 3.69. The quantitative estimate of drug-likeness (QED) is 0.922. The summed E-state index contributed by atoms with van der Waals surface area (Å²) in [6.07, 6.45) is 8.53. The van der Waals surface area contributed by atoms with Crippen molar-refractivity contribution in [1.29, 1.82) is 0 Å². The van der Waals surface area contributed by atoms with Crippen molar-refractivity contribution in [3.05, 3.63) is 41.6 Å². The number of hydrogen-bond acceptors (Lipinski definition) is 2. The number of benzene rings is 1. The van der Waals surface area contributed by atoms with Crippen molar-refractivity contribution < 1.29 is 9.59 Å². The molecule has 3 rings (SSSR count). The lowest BCUT2D eigenvalue weighted by Gasteiger charge is -2.33. The molecule has 1 atom stereocenters. The van der Waals surface area contributed by atoms with Crippen molar-refractivity contribution in [2.75, 3.05) is 0 Å². The molecule has 1 unspecified atom stereocenters. The van der Waals surface area contributed by atoms with Gasteiger partial charge in [-0.25, -0.2) is 0 Å². The van der Waals surface area contributed by atoms with Crippen LogP contribution in [0.25, 0.3) is 6.08 Å². The lowest BCUT2D eigenvalue weighted by molar-refractivity contribution is -0.130. The van der Waals surface area contributed by atoms with Crippen LogP contribution in [-0.4, -0.2) is 22.8 Å². The van der Waals surface area contributed by atoms with Gasteiger partial charge in [0.25, 0.3) is 0 Å². The average Bonchev–Trinajstić information content (AvgIpc) is 2.57. The van der Waals surface area contributed by atoms with Crippen molar-refractivity contribution >= 4 is 17.9 Å². The fourth-order valence-electron chi connectivity index (χ4n) is 3.78. The maximum absolute atomic E-state index is 12.6. The highest BCUT2D eigenvalue weighted by atomic mass is 16.2. The van der Waals surface area contributed by atoms with Crippen LogP contribution in [0.5, 0.6) is 0 Å². The smallest absolute Gasteiger partial charge is 0.223 e. The summed E-state index contributed by atoms with van der Waals surface area (Å²) in [7, 11) is 0. The van der Waals surface area contributed by atoms with Crippen LogP contribution < -0.4 is 5.32 Å². The van der Waals surface area contributed by atoms with Crippen LogP contribution in [0.1, 0.15) is 63.1 Å². The molecule has 0 bridgehead atoms. The van der Waals surface area contributed by atoms with Gasteiger partial charge < -0.3 is 10.2 Å². The molecule has 1 aliphatic carbocycles. The zero-order valence-electron chi connectivity index (χ0n) is 14.5. The Kier molecular flexibility index (Phi) is 5.03. The van der Waals surface area contributed by atoms with E-state index in [0.29, 0.717) is 6.42 Å². The second kappa shape index (κ2) is 7.20. The molecule has 1 aromatic rings. The van der Waals surface area contributed by atoms with Gasteiger partial charge in [0.1, 0.15) is 0 Å². The molecule has 1 fully saturated rings. The predicted molar refractivity (Wildman–Crippen MR) is 94.9 cm³/mol. The second-order valence-electron chi connectivity index (χ2n) is 7.12. The molecule has 128 valence electrons. The summed E-state index contributed by atoms with van der Waals surface area (Å²) < 4.78 is 0. The van der Waals surface area contributed by atoms with E-state index in [1.165, 1.54) is 12.8 Å². The fraction of sp³-hybridized carbons (Fsp3) is 0.500. The van der Waals surface area contributed by atoms with Gasteiger partial charge in [0.05, 0.1) is 12.5 Å². The van der Waals surface area contributed by atoms with Gasteiger partial charge in [0.15, 0.2) is 0 Å². The molecule has 1 aliphatic heterocycles. The van der Waals surface area contributed by atoms with Gasteiger partial charge in [0, 0.05) is 19.2 Å². The molecule has 24 heavy (non-hydrogen) atoms. The highest BCUT2D eigenvalue weighted by Gasteiger charge is 2.29. The Bertz CT molecular complexity index is 645. The largest absolute Gasteiger partial charge is 0.353 e. The fourth-order valence-corrected chi connectivity index (χ4v) is 3.78. The molecule has 0 spiro atoms. The first-order chi connectivity index (χ1) is 11.5. The van der Waals surface area contributed by atoms with Crippen molar-refractivity contribution in [2.45, 2.75) is 58.0 Å². The minimum absolute atomic E-state index is 0.0370. The first kappa shape index (κ1) is 16.7. The Hall–Kier alpha value is -2.10. The van der Waals surface area contributed by atoms with Crippen LogP contribution in [0.3, 0.4) is 0 Å². The monoisotopic (exact) mass is 326 g/mol. The topological polar surface area (TPSA) is 49.4 Å². The Labute approximate surface area is 143 Å². The van der Waals surface area contributed by atoms with Crippen LogP contribution in [0.4, 0.5) is 0 Å². The number of nitrogens with one attached hydrogen (secondary N) is 1. The number of nitrogens with zero attached hydrogens (tertiary/aromatic N) is 1. The van der Waals surface area contributed by atoms with E-state index in [-0.39, 0.29) is 23.9 Å². The van der Waals surface area contributed by atoms with Crippen LogP contribution in [0.15, 0.2) is 30.5 Å². The Morgan fingerprint density at radius 1 is 1.17 bits per heavy atom. The van der Waals surface area contributed by atoms with Gasteiger partial charge in [-0.2, -0.15) is 0 Å². The summed E-state index contributed by atoms with van der Waals surface area (Å²) in [4.78, 5) is 26.2. The molecular formula is C20H26N2O2. The molecule has 1 aromatic carbocycles. The molecule has 0 saturated heterocycles. The maximum atomic E-state index is 12.6. The van der Waals surface area contributed by atoms with Crippen LogP contribution in [0, 0.1) is 5.92 Å². The van der Waals surface area contributed by atoms with Crippen LogP contribution >= 0.6 is 0 Å². The van der Waals surface area contributed by atoms with Gasteiger partial charge in [-0.05, 0) is 48.8 Å². The minimum Gasteiger partial charge on any atom is -0.353 e. The number of amides is 2. The number of carbonyl (C=O) groups excluding carboxylic acids is 2. The molecule has 1 N–H and O–H groups in total. The first-order valence-corrected chi connectivity index (χ1v) is 8.90. The molecule has 1 heterocycles. The summed E-state index contributed by atoms with van der Waals surface area (Å²) in [5, 5.41) is 3.18. The van der Waals surface area contributed by atoms with E-state index in [4.69, 9.17) is 0 Å². The van der Waals surface area contributed by atoms with Crippen molar-refractivity contribution in [1.82, 2.24) is 10.2 Å². The van der Waals surface area contributed by atoms with Crippen LogP contribution in [0.2, 0.25) is 0 Å². The Morgan fingerprint density at radius 2 is 1.88 bits per heavy atom. The molecule has 1 saturated carbocycles. The number of carbonyl (C=O) groups is 2. The normalized spacial score (nSPS) is 25.9. The zero-order chi connectivity index (χ0) is 17.1. The SMILES string of the molecule is CC(=O)N1C=Cc2ccccc2C1CC(=O)NC1CCC(C)CC1. The van der Waals surface area contributed by atoms with Crippen LogP contribution in [-0.2, 0) is 9.59 Å². The van der Waals surface area contributed by atoms with Crippen molar-refractivity contribution in [2.24, 2.45) is 5.92 Å². The molecular weight excluding hydrogens is 300 g/mol. The molecule has 0 radical (unpaired) electrons. The van der Waals surface area contributed by atoms with E-state index in [1.807, 2.05) is 30.3 Å².